The highest BCUT2D eigenvalue weighted by atomic mass is 19.1. The predicted octanol–water partition coefficient (Wildman–Crippen LogP) is 3.82. The second-order valence-electron chi connectivity index (χ2n) is 4.89. The summed E-state index contributed by atoms with van der Waals surface area (Å²) in [5.74, 6) is -0.148. The van der Waals surface area contributed by atoms with Crippen molar-refractivity contribution in [3.63, 3.8) is 0 Å². The summed E-state index contributed by atoms with van der Waals surface area (Å²) in [6, 6.07) is 20.8. The van der Waals surface area contributed by atoms with Gasteiger partial charge in [0.05, 0.1) is 0 Å². The van der Waals surface area contributed by atoms with Gasteiger partial charge in [-0.2, -0.15) is 0 Å². The van der Waals surface area contributed by atoms with Crippen molar-refractivity contribution in [2.24, 2.45) is 0 Å². The summed E-state index contributed by atoms with van der Waals surface area (Å²) in [6.45, 7) is 0. The van der Waals surface area contributed by atoms with Crippen molar-refractivity contribution in [1.82, 2.24) is 0 Å². The van der Waals surface area contributed by atoms with Crippen LogP contribution < -0.4 is 14.8 Å². The minimum atomic E-state index is -0.820. The maximum absolute atomic E-state index is 13.3. The zero-order chi connectivity index (χ0) is 16.1. The van der Waals surface area contributed by atoms with Crippen molar-refractivity contribution in [2.45, 2.75) is 0 Å². The fraction of sp³-hybridized carbons (Fsp3) is 0. The summed E-state index contributed by atoms with van der Waals surface area (Å²) in [6.07, 6.45) is 0. The lowest BCUT2D eigenvalue weighted by molar-refractivity contribution is 0.435. The van der Waals surface area contributed by atoms with Crippen LogP contribution >= 0.6 is 0 Å². The average molecular weight is 310 g/mol. The zero-order valence-electron chi connectivity index (χ0n) is 12.2. The number of rotatable bonds is 5. The maximum atomic E-state index is 13.3. The number of hydrogen-bond donors (Lipinski definition) is 0. The summed E-state index contributed by atoms with van der Waals surface area (Å²) in [5, 5.41) is 0. The van der Waals surface area contributed by atoms with Gasteiger partial charge in [0.25, 0.3) is 0 Å². The quantitative estimate of drug-likeness (QED) is 0.667. The molecule has 0 heterocycles. The van der Waals surface area contributed by atoms with Crippen LogP contribution in [0.5, 0.6) is 11.5 Å². The number of halogens is 2. The molecule has 0 fully saturated rings. The second kappa shape index (κ2) is 6.96. The molecule has 0 saturated heterocycles. The maximum Gasteiger partial charge on any atom is 0.632 e. The molecule has 3 aromatic rings. The molecule has 0 aromatic heterocycles. The molecule has 2 nitrogen and oxygen atoms in total. The largest absolute Gasteiger partial charge is 0.632 e. The molecule has 0 aliphatic carbocycles. The summed E-state index contributed by atoms with van der Waals surface area (Å²) in [5.41, 5.74) is 0.737. The molecule has 0 aliphatic heterocycles. The van der Waals surface area contributed by atoms with Crippen LogP contribution in [0, 0.1) is 11.6 Å². The topological polar surface area (TPSA) is 18.5 Å². The summed E-state index contributed by atoms with van der Waals surface area (Å²) in [7, 11) is -0.820. The molecule has 0 amide bonds. The smallest absolute Gasteiger partial charge is 0.522 e. The SMILES string of the molecule is Fc1cccc(OB(Oc2cccc(F)c2)c2ccccc2)c1. The molecule has 3 rings (SSSR count). The number of hydrogen-bond acceptors (Lipinski definition) is 2. The first-order valence-electron chi connectivity index (χ1n) is 7.10. The molecular weight excluding hydrogens is 297 g/mol. The molecule has 3 aromatic carbocycles. The Hall–Kier alpha value is -2.82. The Morgan fingerprint density at radius 1 is 0.609 bits per heavy atom. The molecule has 0 saturated carbocycles. The van der Waals surface area contributed by atoms with Crippen LogP contribution in [0.1, 0.15) is 0 Å². The van der Waals surface area contributed by atoms with E-state index in [4.69, 9.17) is 9.31 Å². The van der Waals surface area contributed by atoms with Gasteiger partial charge in [0.1, 0.15) is 23.1 Å². The Morgan fingerprint density at radius 2 is 1.13 bits per heavy atom. The van der Waals surface area contributed by atoms with E-state index in [1.54, 1.807) is 24.3 Å². The average Bonchev–Trinajstić information content (AvgIpc) is 2.55. The van der Waals surface area contributed by atoms with E-state index in [9.17, 15) is 8.78 Å². The van der Waals surface area contributed by atoms with E-state index in [0.29, 0.717) is 11.5 Å². The van der Waals surface area contributed by atoms with Gasteiger partial charge in [0.2, 0.25) is 0 Å². The van der Waals surface area contributed by atoms with E-state index in [2.05, 4.69) is 0 Å². The molecule has 114 valence electrons. The van der Waals surface area contributed by atoms with E-state index in [1.807, 2.05) is 30.3 Å². The molecule has 23 heavy (non-hydrogen) atoms. The van der Waals surface area contributed by atoms with Crippen molar-refractivity contribution >= 4 is 12.6 Å². The molecule has 0 bridgehead atoms. The Balaban J connectivity index is 1.87. The van der Waals surface area contributed by atoms with Crippen LogP contribution in [0.4, 0.5) is 8.78 Å². The summed E-state index contributed by atoms with van der Waals surface area (Å²) in [4.78, 5) is 0. The summed E-state index contributed by atoms with van der Waals surface area (Å²) >= 11 is 0. The van der Waals surface area contributed by atoms with Crippen LogP contribution in [0.2, 0.25) is 0 Å². The standard InChI is InChI=1S/C18H13BF2O2/c20-15-8-4-10-17(12-15)22-19(14-6-2-1-3-7-14)23-18-11-5-9-16(21)13-18/h1-13H. The molecule has 0 unspecified atom stereocenters. The van der Waals surface area contributed by atoms with Gasteiger partial charge in [0, 0.05) is 17.6 Å². The zero-order valence-corrected chi connectivity index (χ0v) is 12.2. The third-order valence-corrected chi connectivity index (χ3v) is 3.15. The van der Waals surface area contributed by atoms with Gasteiger partial charge in [-0.1, -0.05) is 42.5 Å². The van der Waals surface area contributed by atoms with Gasteiger partial charge < -0.3 is 9.31 Å². The molecule has 0 aliphatic rings. The van der Waals surface area contributed by atoms with Crippen LogP contribution in [-0.4, -0.2) is 7.12 Å². The third-order valence-electron chi connectivity index (χ3n) is 3.15. The fourth-order valence-corrected chi connectivity index (χ4v) is 2.10. The highest BCUT2D eigenvalue weighted by Gasteiger charge is 2.26. The van der Waals surface area contributed by atoms with Gasteiger partial charge >= 0.3 is 7.12 Å². The summed E-state index contributed by atoms with van der Waals surface area (Å²) < 4.78 is 38.1. The molecular formula is C18H13BF2O2. The van der Waals surface area contributed by atoms with Crippen molar-refractivity contribution in [3.05, 3.63) is 90.5 Å². The van der Waals surface area contributed by atoms with E-state index >= 15 is 0 Å². The first-order valence-corrected chi connectivity index (χ1v) is 7.10. The monoisotopic (exact) mass is 310 g/mol. The van der Waals surface area contributed by atoms with Gasteiger partial charge in [-0.05, 0) is 24.3 Å². The molecule has 0 spiro atoms. The van der Waals surface area contributed by atoms with Gasteiger partial charge in [0.15, 0.2) is 0 Å². The van der Waals surface area contributed by atoms with Gasteiger partial charge in [-0.3, -0.25) is 0 Å². The van der Waals surface area contributed by atoms with Crippen LogP contribution in [0.15, 0.2) is 78.9 Å². The third kappa shape index (κ3) is 4.10. The normalized spacial score (nSPS) is 10.2. The molecule has 0 atom stereocenters. The van der Waals surface area contributed by atoms with Crippen LogP contribution in [0.3, 0.4) is 0 Å². The highest BCUT2D eigenvalue weighted by Crippen LogP contribution is 2.17. The van der Waals surface area contributed by atoms with Crippen molar-refractivity contribution in [3.8, 4) is 11.5 Å². The van der Waals surface area contributed by atoms with Crippen molar-refractivity contribution in [2.75, 3.05) is 0 Å². The van der Waals surface area contributed by atoms with Crippen molar-refractivity contribution in [1.29, 1.82) is 0 Å². The first kappa shape index (κ1) is 15.1. The van der Waals surface area contributed by atoms with E-state index < -0.39 is 18.8 Å². The van der Waals surface area contributed by atoms with E-state index in [0.717, 1.165) is 5.46 Å². The number of benzene rings is 3. The Bertz CT molecular complexity index is 733. The predicted molar refractivity (Wildman–Crippen MR) is 85.9 cm³/mol. The van der Waals surface area contributed by atoms with Gasteiger partial charge in [-0.25, -0.2) is 8.78 Å². The molecule has 0 radical (unpaired) electrons. The van der Waals surface area contributed by atoms with Crippen LogP contribution in [-0.2, 0) is 0 Å². The van der Waals surface area contributed by atoms with Gasteiger partial charge in [-0.15, -0.1) is 0 Å². The van der Waals surface area contributed by atoms with E-state index in [1.165, 1.54) is 24.3 Å². The van der Waals surface area contributed by atoms with E-state index in [-0.39, 0.29) is 0 Å². The Labute approximate surface area is 133 Å². The minimum Gasteiger partial charge on any atom is -0.522 e. The van der Waals surface area contributed by atoms with Crippen LogP contribution in [0.25, 0.3) is 0 Å². The molecule has 5 heteroatoms. The van der Waals surface area contributed by atoms with Crippen molar-refractivity contribution < 1.29 is 18.1 Å². The minimum absolute atomic E-state index is 0.329. The lowest BCUT2D eigenvalue weighted by Crippen LogP contribution is -2.42. The Kier molecular flexibility index (Phi) is 4.57. The molecule has 0 N–H and O–H groups in total. The lowest BCUT2D eigenvalue weighted by atomic mass is 9.78. The highest BCUT2D eigenvalue weighted by molar-refractivity contribution is 6.62. The second-order valence-corrected chi connectivity index (χ2v) is 4.89. The lowest BCUT2D eigenvalue weighted by Gasteiger charge is -2.17. The first-order chi connectivity index (χ1) is 11.2. The fourth-order valence-electron chi connectivity index (χ4n) is 2.10. The Morgan fingerprint density at radius 3 is 1.61 bits per heavy atom.